The molecule has 1 aliphatic rings. The van der Waals surface area contributed by atoms with E-state index >= 15 is 0 Å². The Kier molecular flexibility index (Phi) is 4.56. The number of aryl methyl sites for hydroxylation is 2. The van der Waals surface area contributed by atoms with Gasteiger partial charge < -0.3 is 10.6 Å². The molecular weight excluding hydrogens is 272 g/mol. The highest BCUT2D eigenvalue weighted by Gasteiger charge is 2.14. The topological polar surface area (TPSA) is 49.8 Å². The molecule has 2 N–H and O–H groups in total. The van der Waals surface area contributed by atoms with Crippen molar-refractivity contribution in [2.45, 2.75) is 52.0 Å². The Bertz CT molecular complexity index is 633. The van der Waals surface area contributed by atoms with Gasteiger partial charge in [-0.25, -0.2) is 4.98 Å². The van der Waals surface area contributed by atoms with Crippen LogP contribution in [0.5, 0.6) is 0 Å². The molecule has 0 amide bonds. The van der Waals surface area contributed by atoms with E-state index in [0.29, 0.717) is 6.04 Å². The maximum Gasteiger partial charge on any atom is 0.225 e. The van der Waals surface area contributed by atoms with E-state index in [1.807, 2.05) is 19.1 Å². The molecule has 4 nitrogen and oxygen atoms in total. The van der Waals surface area contributed by atoms with Crippen LogP contribution in [-0.4, -0.2) is 16.0 Å². The molecule has 0 atom stereocenters. The van der Waals surface area contributed by atoms with Crippen LogP contribution >= 0.6 is 0 Å². The van der Waals surface area contributed by atoms with Gasteiger partial charge in [-0.2, -0.15) is 4.98 Å². The number of aromatic nitrogens is 2. The summed E-state index contributed by atoms with van der Waals surface area (Å²) in [5.41, 5.74) is 3.27. The van der Waals surface area contributed by atoms with Crippen LogP contribution in [0.4, 0.5) is 17.5 Å². The standard InChI is InChI=1S/C18H24N4/c1-13-7-6-10-16(11-13)20-17-12-14(2)19-18(22-17)21-15-8-4-3-5-9-15/h6-7,10-12,15H,3-5,8-9H2,1-2H3,(H2,19,20,21,22). The lowest BCUT2D eigenvalue weighted by molar-refractivity contribution is 0.461. The summed E-state index contributed by atoms with van der Waals surface area (Å²) in [7, 11) is 0. The van der Waals surface area contributed by atoms with Crippen molar-refractivity contribution in [2.24, 2.45) is 0 Å². The first-order valence-electron chi connectivity index (χ1n) is 8.15. The molecule has 22 heavy (non-hydrogen) atoms. The molecule has 0 radical (unpaired) electrons. The van der Waals surface area contributed by atoms with Crippen molar-refractivity contribution in [3.8, 4) is 0 Å². The Labute approximate surface area is 132 Å². The fraction of sp³-hybridized carbons (Fsp3) is 0.444. The number of nitrogens with one attached hydrogen (secondary N) is 2. The van der Waals surface area contributed by atoms with Crippen molar-refractivity contribution in [1.82, 2.24) is 9.97 Å². The van der Waals surface area contributed by atoms with Crippen molar-refractivity contribution in [3.63, 3.8) is 0 Å². The summed E-state index contributed by atoms with van der Waals surface area (Å²) in [5, 5.41) is 6.87. The Morgan fingerprint density at radius 1 is 1.00 bits per heavy atom. The molecule has 4 heteroatoms. The lowest BCUT2D eigenvalue weighted by Gasteiger charge is -2.23. The molecular formula is C18H24N4. The van der Waals surface area contributed by atoms with Gasteiger partial charge in [0.25, 0.3) is 0 Å². The second kappa shape index (κ2) is 6.77. The van der Waals surface area contributed by atoms with E-state index in [1.165, 1.54) is 37.7 Å². The molecule has 1 aromatic heterocycles. The predicted molar refractivity (Wildman–Crippen MR) is 91.7 cm³/mol. The molecule has 2 aromatic rings. The fourth-order valence-corrected chi connectivity index (χ4v) is 3.00. The SMILES string of the molecule is Cc1cccc(Nc2cc(C)nc(NC3CCCCC3)n2)c1. The van der Waals surface area contributed by atoms with E-state index in [-0.39, 0.29) is 0 Å². The van der Waals surface area contributed by atoms with E-state index in [0.717, 1.165) is 23.1 Å². The third-order valence-electron chi connectivity index (χ3n) is 4.08. The number of hydrogen-bond acceptors (Lipinski definition) is 4. The van der Waals surface area contributed by atoms with Crippen LogP contribution in [0, 0.1) is 13.8 Å². The molecule has 1 saturated carbocycles. The first kappa shape index (κ1) is 14.8. The summed E-state index contributed by atoms with van der Waals surface area (Å²) in [4.78, 5) is 9.14. The number of rotatable bonds is 4. The minimum absolute atomic E-state index is 0.516. The van der Waals surface area contributed by atoms with Gasteiger partial charge >= 0.3 is 0 Å². The van der Waals surface area contributed by atoms with Crippen LogP contribution in [0.15, 0.2) is 30.3 Å². The van der Waals surface area contributed by atoms with Gasteiger partial charge in [0.15, 0.2) is 0 Å². The average molecular weight is 296 g/mol. The molecule has 0 unspecified atom stereocenters. The van der Waals surface area contributed by atoms with Gasteiger partial charge in [-0.15, -0.1) is 0 Å². The smallest absolute Gasteiger partial charge is 0.225 e. The van der Waals surface area contributed by atoms with Crippen molar-refractivity contribution in [2.75, 3.05) is 10.6 Å². The summed E-state index contributed by atoms with van der Waals surface area (Å²) in [6.45, 7) is 4.10. The summed E-state index contributed by atoms with van der Waals surface area (Å²) in [6.07, 6.45) is 6.40. The van der Waals surface area contributed by atoms with Crippen molar-refractivity contribution < 1.29 is 0 Å². The predicted octanol–water partition coefficient (Wildman–Crippen LogP) is 4.58. The highest BCUT2D eigenvalue weighted by Crippen LogP contribution is 2.22. The zero-order chi connectivity index (χ0) is 15.4. The zero-order valence-corrected chi connectivity index (χ0v) is 13.4. The van der Waals surface area contributed by atoms with Gasteiger partial charge in [-0.05, 0) is 44.4 Å². The minimum atomic E-state index is 0.516. The lowest BCUT2D eigenvalue weighted by Crippen LogP contribution is -2.23. The van der Waals surface area contributed by atoms with Crippen LogP contribution in [0.1, 0.15) is 43.4 Å². The third kappa shape index (κ3) is 3.97. The quantitative estimate of drug-likeness (QED) is 0.867. The van der Waals surface area contributed by atoms with Crippen LogP contribution in [0.3, 0.4) is 0 Å². The highest BCUT2D eigenvalue weighted by atomic mass is 15.2. The van der Waals surface area contributed by atoms with Crippen molar-refractivity contribution in [3.05, 3.63) is 41.6 Å². The second-order valence-corrected chi connectivity index (χ2v) is 6.19. The van der Waals surface area contributed by atoms with E-state index in [4.69, 9.17) is 0 Å². The molecule has 0 spiro atoms. The van der Waals surface area contributed by atoms with E-state index < -0.39 is 0 Å². The molecule has 0 aliphatic heterocycles. The lowest BCUT2D eigenvalue weighted by atomic mass is 9.96. The van der Waals surface area contributed by atoms with Crippen molar-refractivity contribution >= 4 is 17.5 Å². The Hall–Kier alpha value is -2.10. The fourth-order valence-electron chi connectivity index (χ4n) is 3.00. The van der Waals surface area contributed by atoms with Crippen molar-refractivity contribution in [1.29, 1.82) is 0 Å². The molecule has 0 bridgehead atoms. The molecule has 3 rings (SSSR count). The van der Waals surface area contributed by atoms with Crippen LogP contribution < -0.4 is 10.6 Å². The number of benzene rings is 1. The van der Waals surface area contributed by atoms with Gasteiger partial charge in [0.1, 0.15) is 5.82 Å². The Morgan fingerprint density at radius 2 is 1.82 bits per heavy atom. The maximum atomic E-state index is 4.62. The second-order valence-electron chi connectivity index (χ2n) is 6.19. The Balaban J connectivity index is 1.74. The molecule has 1 heterocycles. The summed E-state index contributed by atoms with van der Waals surface area (Å²) < 4.78 is 0. The van der Waals surface area contributed by atoms with Crippen LogP contribution in [0.25, 0.3) is 0 Å². The average Bonchev–Trinajstić information content (AvgIpc) is 2.47. The third-order valence-corrected chi connectivity index (χ3v) is 4.08. The summed E-state index contributed by atoms with van der Waals surface area (Å²) in [5.74, 6) is 1.58. The van der Waals surface area contributed by atoms with Gasteiger partial charge in [0, 0.05) is 23.5 Å². The van der Waals surface area contributed by atoms with Gasteiger partial charge in [0.2, 0.25) is 5.95 Å². The Morgan fingerprint density at radius 3 is 2.59 bits per heavy atom. The number of anilines is 3. The summed E-state index contributed by atoms with van der Waals surface area (Å²) >= 11 is 0. The first-order valence-corrected chi connectivity index (χ1v) is 8.15. The first-order chi connectivity index (χ1) is 10.7. The number of nitrogens with zero attached hydrogens (tertiary/aromatic N) is 2. The van der Waals surface area contributed by atoms with E-state index in [9.17, 15) is 0 Å². The summed E-state index contributed by atoms with van der Waals surface area (Å²) in [6, 6.07) is 10.8. The minimum Gasteiger partial charge on any atom is -0.351 e. The number of hydrogen-bond donors (Lipinski definition) is 2. The van der Waals surface area contributed by atoms with E-state index in [1.54, 1.807) is 0 Å². The normalized spacial score (nSPS) is 15.5. The maximum absolute atomic E-state index is 4.62. The van der Waals surface area contributed by atoms with E-state index in [2.05, 4.69) is 45.7 Å². The molecule has 1 aromatic carbocycles. The molecule has 0 saturated heterocycles. The monoisotopic (exact) mass is 296 g/mol. The van der Waals surface area contributed by atoms with Gasteiger partial charge in [-0.3, -0.25) is 0 Å². The van der Waals surface area contributed by atoms with Crippen LogP contribution in [0.2, 0.25) is 0 Å². The van der Waals surface area contributed by atoms with Gasteiger partial charge in [0.05, 0.1) is 0 Å². The molecule has 1 fully saturated rings. The van der Waals surface area contributed by atoms with Gasteiger partial charge in [-0.1, -0.05) is 31.4 Å². The van der Waals surface area contributed by atoms with Crippen LogP contribution in [-0.2, 0) is 0 Å². The highest BCUT2D eigenvalue weighted by molar-refractivity contribution is 5.58. The molecule has 116 valence electrons. The largest absolute Gasteiger partial charge is 0.351 e. The zero-order valence-electron chi connectivity index (χ0n) is 13.4. The molecule has 1 aliphatic carbocycles.